The van der Waals surface area contributed by atoms with Crippen molar-refractivity contribution < 1.29 is 55.9 Å². The Balaban J connectivity index is 0.000000293. The lowest BCUT2D eigenvalue weighted by Crippen LogP contribution is -2.17. The molecule has 0 saturated carbocycles. The SMILES string of the molecule is CCOC(=O)COC(=O)c1cc(Oc2ccc(C(F)(F)F)cc2Cl)ccc1[N+](=O)[O-].O=[N+]([O-])c1ccc(Oc2c(F)cc(Cl)cc2Cl)cc1. The first-order valence-corrected chi connectivity index (χ1v) is 14.4. The Kier molecular flexibility index (Phi) is 13.1. The van der Waals surface area contributed by atoms with E-state index in [-0.39, 0.29) is 50.4 Å². The summed E-state index contributed by atoms with van der Waals surface area (Å²) in [4.78, 5) is 43.7. The van der Waals surface area contributed by atoms with Crippen LogP contribution in [0.25, 0.3) is 0 Å². The molecule has 49 heavy (non-hydrogen) atoms. The number of nitrogens with zero attached hydrogens (tertiary/aromatic N) is 2. The summed E-state index contributed by atoms with van der Waals surface area (Å²) in [6, 6.07) is 13.0. The number of carbonyl (C=O) groups is 2. The molecule has 0 saturated heterocycles. The van der Waals surface area contributed by atoms with E-state index in [2.05, 4.69) is 4.74 Å². The minimum atomic E-state index is -4.61. The zero-order valence-electron chi connectivity index (χ0n) is 24.5. The third-order valence-corrected chi connectivity index (χ3v) is 6.52. The van der Waals surface area contributed by atoms with Gasteiger partial charge in [0.05, 0.1) is 32.1 Å². The van der Waals surface area contributed by atoms with Crippen molar-refractivity contribution in [3.05, 3.63) is 125 Å². The fourth-order valence-corrected chi connectivity index (χ4v) is 4.30. The largest absolute Gasteiger partial charge is 0.463 e. The van der Waals surface area contributed by atoms with Crippen LogP contribution in [0.3, 0.4) is 0 Å². The monoisotopic (exact) mass is 748 g/mol. The highest BCUT2D eigenvalue weighted by Gasteiger charge is 2.31. The number of carbonyl (C=O) groups excluding carboxylic acids is 2. The Morgan fingerprint density at radius 1 is 0.796 bits per heavy atom. The third kappa shape index (κ3) is 10.9. The van der Waals surface area contributed by atoms with Crippen molar-refractivity contribution >= 4 is 58.1 Å². The number of halogens is 7. The van der Waals surface area contributed by atoms with Gasteiger partial charge < -0.3 is 18.9 Å². The van der Waals surface area contributed by atoms with Crippen LogP contribution in [0.15, 0.2) is 72.8 Å². The zero-order chi connectivity index (χ0) is 36.5. The van der Waals surface area contributed by atoms with Gasteiger partial charge in [-0.05, 0) is 55.5 Å². The van der Waals surface area contributed by atoms with Gasteiger partial charge in [-0.3, -0.25) is 20.2 Å². The zero-order valence-corrected chi connectivity index (χ0v) is 26.7. The number of rotatable bonds is 10. The predicted octanol–water partition coefficient (Wildman–Crippen LogP) is 9.61. The molecule has 0 fully saturated rings. The quantitative estimate of drug-likeness (QED) is 0.0662. The van der Waals surface area contributed by atoms with Gasteiger partial charge in [0.15, 0.2) is 18.2 Å². The summed E-state index contributed by atoms with van der Waals surface area (Å²) in [7, 11) is 0. The molecule has 0 radical (unpaired) electrons. The van der Waals surface area contributed by atoms with Crippen molar-refractivity contribution in [1.82, 2.24) is 0 Å². The van der Waals surface area contributed by atoms with Crippen molar-refractivity contribution in [3.63, 3.8) is 0 Å². The van der Waals surface area contributed by atoms with Gasteiger partial charge in [-0.1, -0.05) is 34.8 Å². The van der Waals surface area contributed by atoms with Gasteiger partial charge in [0.2, 0.25) is 0 Å². The molecule has 12 nitrogen and oxygen atoms in total. The average Bonchev–Trinajstić information content (AvgIpc) is 3.02. The van der Waals surface area contributed by atoms with Crippen molar-refractivity contribution in [1.29, 1.82) is 0 Å². The Morgan fingerprint density at radius 2 is 1.45 bits per heavy atom. The predicted molar refractivity (Wildman–Crippen MR) is 166 cm³/mol. The highest BCUT2D eigenvalue weighted by molar-refractivity contribution is 6.35. The van der Waals surface area contributed by atoms with E-state index in [1.807, 2.05) is 0 Å². The third-order valence-electron chi connectivity index (χ3n) is 5.73. The molecule has 0 unspecified atom stereocenters. The van der Waals surface area contributed by atoms with Crippen molar-refractivity contribution in [2.24, 2.45) is 0 Å². The van der Waals surface area contributed by atoms with Gasteiger partial charge in [0.1, 0.15) is 22.8 Å². The molecule has 0 N–H and O–H groups in total. The molecule has 0 aliphatic heterocycles. The Morgan fingerprint density at radius 3 is 2.00 bits per heavy atom. The Bertz CT molecular complexity index is 1850. The van der Waals surface area contributed by atoms with Crippen molar-refractivity contribution in [2.45, 2.75) is 13.1 Å². The van der Waals surface area contributed by atoms with E-state index >= 15 is 0 Å². The van der Waals surface area contributed by atoms with Crippen molar-refractivity contribution in [2.75, 3.05) is 13.2 Å². The normalized spacial score (nSPS) is 10.7. The number of alkyl halides is 3. The van der Waals surface area contributed by atoms with E-state index < -0.39 is 57.2 Å². The second-order valence-electron chi connectivity index (χ2n) is 9.11. The molecule has 4 rings (SSSR count). The number of nitro groups is 2. The lowest BCUT2D eigenvalue weighted by atomic mass is 10.1. The maximum absolute atomic E-state index is 13.6. The standard InChI is InChI=1S/C18H13ClF3NO7.C12H6Cl2FNO3/c1-2-28-16(24)9-29-17(25)12-8-11(4-5-14(12)23(26)27)30-15-6-3-10(7-13(15)19)18(20,21)22;13-7-5-10(14)12(11(15)6-7)19-9-3-1-8(2-4-9)16(17)18/h3-8H,2,9H2,1H3;1-6H. The molecular weight excluding hydrogens is 731 g/mol. The molecule has 0 amide bonds. The highest BCUT2D eigenvalue weighted by Crippen LogP contribution is 2.38. The van der Waals surface area contributed by atoms with Crippen LogP contribution in [0.2, 0.25) is 15.1 Å². The van der Waals surface area contributed by atoms with E-state index in [9.17, 15) is 47.4 Å². The summed E-state index contributed by atoms with van der Waals surface area (Å²) in [5.74, 6) is -3.02. The number of esters is 2. The van der Waals surface area contributed by atoms with E-state index in [1.54, 1.807) is 0 Å². The van der Waals surface area contributed by atoms with Gasteiger partial charge in [-0.25, -0.2) is 14.0 Å². The minimum absolute atomic E-state index is 0.0170. The topological polar surface area (TPSA) is 157 Å². The summed E-state index contributed by atoms with van der Waals surface area (Å²) in [5.41, 5.74) is -2.25. The molecule has 0 aliphatic rings. The molecule has 4 aromatic rings. The number of hydrogen-bond donors (Lipinski definition) is 0. The van der Waals surface area contributed by atoms with Crippen LogP contribution in [-0.2, 0) is 20.4 Å². The minimum Gasteiger partial charge on any atom is -0.463 e. The van der Waals surface area contributed by atoms with Gasteiger partial charge in [-0.15, -0.1) is 0 Å². The lowest BCUT2D eigenvalue weighted by Gasteiger charge is -2.12. The van der Waals surface area contributed by atoms with E-state index in [0.717, 1.165) is 36.4 Å². The summed E-state index contributed by atoms with van der Waals surface area (Å²) < 4.78 is 71.6. The van der Waals surface area contributed by atoms with Crippen LogP contribution in [0.1, 0.15) is 22.8 Å². The molecule has 0 heterocycles. The van der Waals surface area contributed by atoms with Crippen LogP contribution in [-0.4, -0.2) is 35.0 Å². The molecule has 0 atom stereocenters. The molecule has 19 heteroatoms. The van der Waals surface area contributed by atoms with Crippen LogP contribution in [0.4, 0.5) is 28.9 Å². The maximum Gasteiger partial charge on any atom is 0.416 e. The van der Waals surface area contributed by atoms with E-state index in [0.29, 0.717) is 6.07 Å². The molecule has 0 aliphatic carbocycles. The van der Waals surface area contributed by atoms with E-state index in [1.165, 1.54) is 37.3 Å². The molecule has 0 aromatic heterocycles. The summed E-state index contributed by atoms with van der Waals surface area (Å²) in [6.07, 6.45) is -4.61. The van der Waals surface area contributed by atoms with Crippen molar-refractivity contribution in [3.8, 4) is 23.0 Å². The molecule has 4 aromatic carbocycles. The fourth-order valence-electron chi connectivity index (χ4n) is 3.57. The lowest BCUT2D eigenvalue weighted by molar-refractivity contribution is -0.385. The fraction of sp³-hybridized carbons (Fsp3) is 0.133. The summed E-state index contributed by atoms with van der Waals surface area (Å²) >= 11 is 17.2. The van der Waals surface area contributed by atoms with E-state index in [4.69, 9.17) is 49.0 Å². The number of hydrogen-bond acceptors (Lipinski definition) is 10. The maximum atomic E-state index is 13.6. The van der Waals surface area contributed by atoms with Crippen LogP contribution in [0.5, 0.6) is 23.0 Å². The molecule has 0 bridgehead atoms. The Labute approximate surface area is 287 Å². The first-order valence-electron chi connectivity index (χ1n) is 13.2. The first kappa shape index (κ1) is 38.3. The average molecular weight is 750 g/mol. The second-order valence-corrected chi connectivity index (χ2v) is 10.4. The van der Waals surface area contributed by atoms with Gasteiger partial charge >= 0.3 is 18.1 Å². The van der Waals surface area contributed by atoms with Gasteiger partial charge in [0.25, 0.3) is 11.4 Å². The number of non-ortho nitro benzene ring substituents is 1. The van der Waals surface area contributed by atoms with Gasteiger partial charge in [0, 0.05) is 29.3 Å². The number of ether oxygens (including phenoxy) is 4. The van der Waals surface area contributed by atoms with Crippen LogP contribution >= 0.6 is 34.8 Å². The molecular formula is C30H19Cl3F4N2O10. The Hall–Kier alpha value is -5.19. The first-order chi connectivity index (χ1) is 23.0. The van der Waals surface area contributed by atoms with Crippen LogP contribution in [0, 0.1) is 26.0 Å². The summed E-state index contributed by atoms with van der Waals surface area (Å²) in [6.45, 7) is 0.825. The van der Waals surface area contributed by atoms with Gasteiger partial charge in [-0.2, -0.15) is 13.2 Å². The second kappa shape index (κ2) is 16.8. The molecule has 258 valence electrons. The number of benzene rings is 4. The highest BCUT2D eigenvalue weighted by atomic mass is 35.5. The smallest absolute Gasteiger partial charge is 0.416 e. The molecule has 0 spiro atoms. The number of nitro benzene ring substituents is 2. The van der Waals surface area contributed by atoms with Crippen LogP contribution < -0.4 is 9.47 Å². The summed E-state index contributed by atoms with van der Waals surface area (Å²) in [5, 5.41) is 21.4.